The molecule has 0 N–H and O–H groups in total. The highest BCUT2D eigenvalue weighted by Crippen LogP contribution is 2.23. The van der Waals surface area contributed by atoms with Crippen molar-refractivity contribution in [2.45, 2.75) is 32.4 Å². The monoisotopic (exact) mass is 312 g/mol. The lowest BCUT2D eigenvalue weighted by Gasteiger charge is -2.10. The molecule has 1 atom stereocenters. The van der Waals surface area contributed by atoms with Crippen LogP contribution in [0, 0.1) is 0 Å². The summed E-state index contributed by atoms with van der Waals surface area (Å²) in [6.07, 6.45) is 4.11. The zero-order valence-electron chi connectivity index (χ0n) is 13.5. The summed E-state index contributed by atoms with van der Waals surface area (Å²) < 4.78 is 12.9. The lowest BCUT2D eigenvalue weighted by atomic mass is 10.1. The molecule has 2 heterocycles. The fourth-order valence-corrected chi connectivity index (χ4v) is 2.31. The molecule has 6 nitrogen and oxygen atoms in total. The van der Waals surface area contributed by atoms with Crippen LogP contribution in [-0.2, 0) is 11.2 Å². The van der Waals surface area contributed by atoms with E-state index in [1.165, 1.54) is 0 Å². The summed E-state index contributed by atoms with van der Waals surface area (Å²) in [4.78, 5) is 8.76. The molecule has 0 fully saturated rings. The number of aromatic nitrogens is 4. The van der Waals surface area contributed by atoms with Crippen molar-refractivity contribution in [3.8, 4) is 11.6 Å². The third-order valence-corrected chi connectivity index (χ3v) is 3.70. The molecular formula is C17H20N4O2. The Hall–Kier alpha value is -2.47. The molecule has 23 heavy (non-hydrogen) atoms. The fraction of sp³-hybridized carbons (Fsp3) is 0.353. The molecule has 0 radical (unpaired) electrons. The van der Waals surface area contributed by atoms with Gasteiger partial charge in [0.25, 0.3) is 5.89 Å². The van der Waals surface area contributed by atoms with E-state index >= 15 is 0 Å². The average molecular weight is 312 g/mol. The second kappa shape index (κ2) is 6.75. The highest BCUT2D eigenvalue weighted by Gasteiger charge is 2.20. The van der Waals surface area contributed by atoms with Crippen LogP contribution in [0.3, 0.4) is 0 Å². The van der Waals surface area contributed by atoms with Crippen LogP contribution >= 0.6 is 0 Å². The molecule has 3 rings (SSSR count). The van der Waals surface area contributed by atoms with E-state index in [2.05, 4.69) is 41.1 Å². The van der Waals surface area contributed by atoms with E-state index in [-0.39, 0.29) is 6.10 Å². The number of methoxy groups -OCH3 is 1. The molecule has 0 aliphatic rings. The van der Waals surface area contributed by atoms with Gasteiger partial charge in [-0.05, 0) is 19.4 Å². The predicted molar refractivity (Wildman–Crippen MR) is 85.8 cm³/mol. The van der Waals surface area contributed by atoms with Crippen LogP contribution < -0.4 is 0 Å². The van der Waals surface area contributed by atoms with Crippen LogP contribution in [0.15, 0.2) is 47.4 Å². The van der Waals surface area contributed by atoms with Crippen molar-refractivity contribution < 1.29 is 9.26 Å². The van der Waals surface area contributed by atoms with E-state index in [9.17, 15) is 0 Å². The Labute approximate surface area is 135 Å². The Morgan fingerprint density at radius 3 is 2.65 bits per heavy atom. The summed E-state index contributed by atoms with van der Waals surface area (Å²) in [5.41, 5.74) is 1.83. The van der Waals surface area contributed by atoms with E-state index in [0.717, 1.165) is 5.56 Å². The van der Waals surface area contributed by atoms with E-state index in [1.807, 2.05) is 29.0 Å². The molecule has 0 spiro atoms. The summed E-state index contributed by atoms with van der Waals surface area (Å²) in [7, 11) is 1.65. The topological polar surface area (TPSA) is 66.0 Å². The molecule has 0 bridgehead atoms. The number of benzene rings is 1. The summed E-state index contributed by atoms with van der Waals surface area (Å²) in [6, 6.07) is 10.4. The lowest BCUT2D eigenvalue weighted by molar-refractivity contribution is 0.0938. The van der Waals surface area contributed by atoms with Gasteiger partial charge in [-0.15, -0.1) is 0 Å². The Bertz CT molecular complexity index is 749. The molecular weight excluding hydrogens is 292 g/mol. The van der Waals surface area contributed by atoms with E-state index < -0.39 is 0 Å². The van der Waals surface area contributed by atoms with Gasteiger partial charge in [-0.2, -0.15) is 4.98 Å². The molecule has 1 unspecified atom stereocenters. The number of hydrogen-bond donors (Lipinski definition) is 0. The summed E-state index contributed by atoms with van der Waals surface area (Å²) in [5, 5.41) is 4.05. The first-order chi connectivity index (χ1) is 11.2. The number of imidazole rings is 1. The van der Waals surface area contributed by atoms with E-state index in [4.69, 9.17) is 9.26 Å². The molecule has 1 aromatic carbocycles. The molecule has 0 saturated carbocycles. The molecule has 120 valence electrons. The Morgan fingerprint density at radius 2 is 2.00 bits per heavy atom. The number of ether oxygens (including phenoxy) is 1. The zero-order valence-corrected chi connectivity index (χ0v) is 13.5. The second-order valence-electron chi connectivity index (χ2n) is 5.67. The summed E-state index contributed by atoms with van der Waals surface area (Å²) in [6.45, 7) is 4.18. The zero-order chi connectivity index (χ0) is 16.2. The highest BCUT2D eigenvalue weighted by atomic mass is 16.5. The first-order valence-electron chi connectivity index (χ1n) is 7.61. The van der Waals surface area contributed by atoms with E-state index in [0.29, 0.717) is 29.9 Å². The van der Waals surface area contributed by atoms with Gasteiger partial charge in [0, 0.05) is 25.8 Å². The van der Waals surface area contributed by atoms with Gasteiger partial charge < -0.3 is 13.8 Å². The number of rotatable bonds is 6. The van der Waals surface area contributed by atoms with Crippen LogP contribution in [0.4, 0.5) is 0 Å². The SMILES string of the molecule is COC(Cc1ccccc1)c1noc(-c2cn(C(C)C)cn2)n1. The molecule has 2 aromatic heterocycles. The van der Waals surface area contributed by atoms with Gasteiger partial charge >= 0.3 is 0 Å². The van der Waals surface area contributed by atoms with Crippen molar-refractivity contribution in [1.29, 1.82) is 0 Å². The summed E-state index contributed by atoms with van der Waals surface area (Å²) in [5.74, 6) is 0.944. The van der Waals surface area contributed by atoms with Crippen LogP contribution in [0.2, 0.25) is 0 Å². The van der Waals surface area contributed by atoms with Gasteiger partial charge in [0.2, 0.25) is 5.82 Å². The largest absolute Gasteiger partial charge is 0.373 e. The smallest absolute Gasteiger partial charge is 0.278 e. The van der Waals surface area contributed by atoms with Gasteiger partial charge in [0.1, 0.15) is 11.8 Å². The van der Waals surface area contributed by atoms with Crippen molar-refractivity contribution in [1.82, 2.24) is 19.7 Å². The average Bonchev–Trinajstić information content (AvgIpc) is 3.22. The maximum Gasteiger partial charge on any atom is 0.278 e. The molecule has 0 aliphatic carbocycles. The Kier molecular flexibility index (Phi) is 4.52. The van der Waals surface area contributed by atoms with Crippen molar-refractivity contribution in [3.05, 3.63) is 54.2 Å². The number of hydrogen-bond acceptors (Lipinski definition) is 5. The van der Waals surface area contributed by atoms with Gasteiger partial charge in [-0.3, -0.25) is 0 Å². The summed E-state index contributed by atoms with van der Waals surface area (Å²) >= 11 is 0. The second-order valence-corrected chi connectivity index (χ2v) is 5.67. The van der Waals surface area contributed by atoms with Gasteiger partial charge in [0.15, 0.2) is 0 Å². The molecule has 3 aromatic rings. The minimum atomic E-state index is -0.248. The maximum atomic E-state index is 5.52. The quantitative estimate of drug-likeness (QED) is 0.697. The third-order valence-electron chi connectivity index (χ3n) is 3.70. The predicted octanol–water partition coefficient (Wildman–Crippen LogP) is 3.44. The first kappa shape index (κ1) is 15.4. The van der Waals surface area contributed by atoms with Crippen molar-refractivity contribution in [3.63, 3.8) is 0 Å². The third kappa shape index (κ3) is 3.48. The molecule has 0 saturated heterocycles. The van der Waals surface area contributed by atoms with Crippen LogP contribution in [0.1, 0.15) is 37.4 Å². The van der Waals surface area contributed by atoms with Crippen molar-refractivity contribution in [2.75, 3.05) is 7.11 Å². The Morgan fingerprint density at radius 1 is 1.22 bits per heavy atom. The van der Waals surface area contributed by atoms with Gasteiger partial charge in [-0.1, -0.05) is 35.5 Å². The minimum Gasteiger partial charge on any atom is -0.373 e. The van der Waals surface area contributed by atoms with Crippen molar-refractivity contribution >= 4 is 0 Å². The van der Waals surface area contributed by atoms with Crippen LogP contribution in [-0.4, -0.2) is 26.8 Å². The van der Waals surface area contributed by atoms with Crippen LogP contribution in [0.25, 0.3) is 11.6 Å². The lowest BCUT2D eigenvalue weighted by Crippen LogP contribution is -2.07. The number of nitrogens with zero attached hydrogens (tertiary/aromatic N) is 4. The molecule has 6 heteroatoms. The minimum absolute atomic E-state index is 0.248. The first-order valence-corrected chi connectivity index (χ1v) is 7.61. The van der Waals surface area contributed by atoms with Gasteiger partial charge in [0.05, 0.1) is 6.33 Å². The molecule has 0 aliphatic heterocycles. The fourth-order valence-electron chi connectivity index (χ4n) is 2.31. The normalized spacial score (nSPS) is 12.7. The van der Waals surface area contributed by atoms with Crippen molar-refractivity contribution in [2.24, 2.45) is 0 Å². The van der Waals surface area contributed by atoms with Crippen LogP contribution in [0.5, 0.6) is 0 Å². The Balaban J connectivity index is 1.79. The van der Waals surface area contributed by atoms with Gasteiger partial charge in [-0.25, -0.2) is 4.98 Å². The van der Waals surface area contributed by atoms with E-state index in [1.54, 1.807) is 13.4 Å². The highest BCUT2D eigenvalue weighted by molar-refractivity contribution is 5.44. The standard InChI is InChI=1S/C17H20N4O2/c1-12(2)21-10-14(18-11-21)17-19-16(20-23-17)15(22-3)9-13-7-5-4-6-8-13/h4-8,10-12,15H,9H2,1-3H3. The maximum absolute atomic E-state index is 5.52. The molecule has 0 amide bonds.